The van der Waals surface area contributed by atoms with Crippen LogP contribution in [0, 0.1) is 11.6 Å². The molecule has 1 aromatic carbocycles. The number of esters is 1. The molecule has 0 N–H and O–H groups in total. The van der Waals surface area contributed by atoms with E-state index in [-0.39, 0.29) is 12.2 Å². The number of carbonyl (C=O) groups is 1. The molecule has 0 aliphatic carbocycles. The number of carbonyl (C=O) groups excluding carboxylic acids is 1. The van der Waals surface area contributed by atoms with Gasteiger partial charge in [-0.1, -0.05) is 13.3 Å². The molecule has 1 aromatic rings. The zero-order chi connectivity index (χ0) is 11.3. The van der Waals surface area contributed by atoms with Crippen LogP contribution < -0.4 is 0 Å². The molecule has 0 unspecified atom stereocenters. The first-order valence-electron chi connectivity index (χ1n) is 4.77. The van der Waals surface area contributed by atoms with E-state index in [1.54, 1.807) is 0 Å². The zero-order valence-electron chi connectivity index (χ0n) is 8.43. The van der Waals surface area contributed by atoms with Crippen molar-refractivity contribution in [1.29, 1.82) is 0 Å². The molecule has 0 spiro atoms. The summed E-state index contributed by atoms with van der Waals surface area (Å²) >= 11 is 0. The van der Waals surface area contributed by atoms with Gasteiger partial charge in [-0.3, -0.25) is 0 Å². The van der Waals surface area contributed by atoms with Crippen molar-refractivity contribution in [3.05, 3.63) is 35.4 Å². The minimum atomic E-state index is -0.892. The third-order valence-corrected chi connectivity index (χ3v) is 1.88. The van der Waals surface area contributed by atoms with E-state index in [4.69, 9.17) is 4.74 Å². The fourth-order valence-electron chi connectivity index (χ4n) is 1.04. The van der Waals surface area contributed by atoms with Crippen molar-refractivity contribution in [2.75, 3.05) is 6.61 Å². The highest BCUT2D eigenvalue weighted by molar-refractivity contribution is 5.89. The van der Waals surface area contributed by atoms with Crippen LogP contribution in [0.5, 0.6) is 0 Å². The molecule has 0 radical (unpaired) electrons. The number of rotatable bonds is 4. The molecular formula is C11H12F2O2. The number of benzene rings is 1. The Hall–Kier alpha value is -1.45. The van der Waals surface area contributed by atoms with Gasteiger partial charge in [-0.15, -0.1) is 0 Å². The molecule has 0 atom stereocenters. The predicted molar refractivity (Wildman–Crippen MR) is 51.5 cm³/mol. The lowest BCUT2D eigenvalue weighted by Gasteiger charge is -2.04. The third kappa shape index (κ3) is 3.31. The summed E-state index contributed by atoms with van der Waals surface area (Å²) in [5, 5.41) is 0. The van der Waals surface area contributed by atoms with Crippen LogP contribution in [0.4, 0.5) is 8.78 Å². The van der Waals surface area contributed by atoms with Gasteiger partial charge in [0.1, 0.15) is 11.6 Å². The van der Waals surface area contributed by atoms with Crippen LogP contribution in [0.3, 0.4) is 0 Å². The molecular weight excluding hydrogens is 202 g/mol. The SMILES string of the molecule is CCCCOC(=O)c1ccc(F)cc1F. The molecule has 0 bridgehead atoms. The summed E-state index contributed by atoms with van der Waals surface area (Å²) in [5.74, 6) is -2.35. The van der Waals surface area contributed by atoms with Gasteiger partial charge in [0.25, 0.3) is 0 Å². The van der Waals surface area contributed by atoms with Gasteiger partial charge in [0.05, 0.1) is 12.2 Å². The fourth-order valence-corrected chi connectivity index (χ4v) is 1.04. The monoisotopic (exact) mass is 214 g/mol. The van der Waals surface area contributed by atoms with Crippen LogP contribution in [0.25, 0.3) is 0 Å². The van der Waals surface area contributed by atoms with Crippen molar-refractivity contribution in [1.82, 2.24) is 0 Å². The summed E-state index contributed by atoms with van der Waals surface area (Å²) in [6.45, 7) is 2.21. The molecule has 1 rings (SSSR count). The van der Waals surface area contributed by atoms with Crippen molar-refractivity contribution in [2.45, 2.75) is 19.8 Å². The fraction of sp³-hybridized carbons (Fsp3) is 0.364. The van der Waals surface area contributed by atoms with Gasteiger partial charge in [0.2, 0.25) is 0 Å². The van der Waals surface area contributed by atoms with E-state index in [1.807, 2.05) is 6.92 Å². The first kappa shape index (κ1) is 11.6. The normalized spacial score (nSPS) is 10.1. The molecule has 82 valence electrons. The Morgan fingerprint density at radius 2 is 2.13 bits per heavy atom. The largest absolute Gasteiger partial charge is 0.462 e. The Labute approximate surface area is 86.9 Å². The smallest absolute Gasteiger partial charge is 0.341 e. The minimum Gasteiger partial charge on any atom is -0.462 e. The molecule has 0 saturated carbocycles. The maximum Gasteiger partial charge on any atom is 0.341 e. The third-order valence-electron chi connectivity index (χ3n) is 1.88. The van der Waals surface area contributed by atoms with E-state index in [0.29, 0.717) is 6.07 Å². The van der Waals surface area contributed by atoms with E-state index >= 15 is 0 Å². The first-order chi connectivity index (χ1) is 7.15. The molecule has 0 aliphatic heterocycles. The predicted octanol–water partition coefficient (Wildman–Crippen LogP) is 2.92. The second-order valence-corrected chi connectivity index (χ2v) is 3.11. The Morgan fingerprint density at radius 3 is 2.73 bits per heavy atom. The topological polar surface area (TPSA) is 26.3 Å². The lowest BCUT2D eigenvalue weighted by Crippen LogP contribution is -2.08. The number of halogens is 2. The van der Waals surface area contributed by atoms with Crippen molar-refractivity contribution in [2.24, 2.45) is 0 Å². The summed E-state index contributed by atoms with van der Waals surface area (Å²) < 4.78 is 30.4. The summed E-state index contributed by atoms with van der Waals surface area (Å²) in [5.41, 5.74) is -0.229. The zero-order valence-corrected chi connectivity index (χ0v) is 8.43. The van der Waals surface area contributed by atoms with E-state index < -0.39 is 17.6 Å². The van der Waals surface area contributed by atoms with Crippen molar-refractivity contribution < 1.29 is 18.3 Å². The van der Waals surface area contributed by atoms with Crippen LogP contribution in [0.2, 0.25) is 0 Å². The van der Waals surface area contributed by atoms with Gasteiger partial charge in [0, 0.05) is 6.07 Å². The van der Waals surface area contributed by atoms with Crippen LogP contribution in [0.1, 0.15) is 30.1 Å². The van der Waals surface area contributed by atoms with Crippen LogP contribution in [-0.2, 0) is 4.74 Å². The van der Waals surface area contributed by atoms with Gasteiger partial charge in [0.15, 0.2) is 0 Å². The summed E-state index contributed by atoms with van der Waals surface area (Å²) in [6.07, 6.45) is 1.62. The van der Waals surface area contributed by atoms with Crippen LogP contribution in [-0.4, -0.2) is 12.6 Å². The number of hydrogen-bond donors (Lipinski definition) is 0. The maximum absolute atomic E-state index is 13.1. The van der Waals surface area contributed by atoms with Crippen molar-refractivity contribution in [3.63, 3.8) is 0 Å². The van der Waals surface area contributed by atoms with E-state index in [1.165, 1.54) is 0 Å². The first-order valence-corrected chi connectivity index (χ1v) is 4.77. The average molecular weight is 214 g/mol. The van der Waals surface area contributed by atoms with Gasteiger partial charge in [-0.25, -0.2) is 13.6 Å². The van der Waals surface area contributed by atoms with Crippen LogP contribution in [0.15, 0.2) is 18.2 Å². The quantitative estimate of drug-likeness (QED) is 0.569. The lowest BCUT2D eigenvalue weighted by molar-refractivity contribution is 0.0494. The second-order valence-electron chi connectivity index (χ2n) is 3.11. The van der Waals surface area contributed by atoms with Gasteiger partial charge in [-0.2, -0.15) is 0 Å². The molecule has 2 nitrogen and oxygen atoms in total. The molecule has 15 heavy (non-hydrogen) atoms. The van der Waals surface area contributed by atoms with Gasteiger partial charge in [-0.05, 0) is 18.6 Å². The Balaban J connectivity index is 2.65. The van der Waals surface area contributed by atoms with Gasteiger partial charge < -0.3 is 4.74 Å². The molecule has 0 fully saturated rings. The Kier molecular flexibility index (Phi) is 4.21. The average Bonchev–Trinajstić information content (AvgIpc) is 2.17. The summed E-state index contributed by atoms with van der Waals surface area (Å²) in [7, 11) is 0. The van der Waals surface area contributed by atoms with E-state index in [0.717, 1.165) is 25.0 Å². The summed E-state index contributed by atoms with van der Waals surface area (Å²) in [6, 6.07) is 2.77. The van der Waals surface area contributed by atoms with E-state index in [2.05, 4.69) is 0 Å². The molecule has 0 amide bonds. The van der Waals surface area contributed by atoms with Crippen LogP contribution >= 0.6 is 0 Å². The summed E-state index contributed by atoms with van der Waals surface area (Å²) in [4.78, 5) is 11.3. The van der Waals surface area contributed by atoms with Gasteiger partial charge >= 0.3 is 5.97 Å². The maximum atomic E-state index is 13.1. The molecule has 0 aromatic heterocycles. The highest BCUT2D eigenvalue weighted by Crippen LogP contribution is 2.10. The Morgan fingerprint density at radius 1 is 1.40 bits per heavy atom. The number of ether oxygens (including phenoxy) is 1. The lowest BCUT2D eigenvalue weighted by atomic mass is 10.2. The standard InChI is InChI=1S/C11H12F2O2/c1-2-3-6-15-11(14)9-5-4-8(12)7-10(9)13/h4-5,7H,2-3,6H2,1H3. The second kappa shape index (κ2) is 5.44. The minimum absolute atomic E-state index is 0.229. The van der Waals surface area contributed by atoms with E-state index in [9.17, 15) is 13.6 Å². The number of hydrogen-bond acceptors (Lipinski definition) is 2. The van der Waals surface area contributed by atoms with Crippen molar-refractivity contribution >= 4 is 5.97 Å². The molecule has 0 aliphatic rings. The number of unbranched alkanes of at least 4 members (excludes halogenated alkanes) is 1. The molecule has 0 heterocycles. The highest BCUT2D eigenvalue weighted by Gasteiger charge is 2.13. The molecule has 4 heteroatoms. The highest BCUT2D eigenvalue weighted by atomic mass is 19.1. The van der Waals surface area contributed by atoms with Crippen molar-refractivity contribution in [3.8, 4) is 0 Å². The molecule has 0 saturated heterocycles. The Bertz CT molecular complexity index is 350.